The number of allylic oxidation sites excluding steroid dienone is 1. The van der Waals surface area contributed by atoms with E-state index in [0.29, 0.717) is 11.3 Å². The highest BCUT2D eigenvalue weighted by Crippen LogP contribution is 2.39. The van der Waals surface area contributed by atoms with Gasteiger partial charge in [-0.05, 0) is 23.1 Å². The standard InChI is InChI=1S/C19H20N4O2S/c1-20-15-14(18(24)16(21-2)17(22-3)19(15)25)13(12-7-5-9-26-12)11-6-4-8-23-10-11/h4-10,13,20-22H,1-3H3. The molecule has 0 bridgehead atoms. The number of carbonyl (C=O) groups is 2. The second-order valence-corrected chi connectivity index (χ2v) is 6.66. The van der Waals surface area contributed by atoms with Crippen molar-refractivity contribution in [3.05, 3.63) is 75.1 Å². The summed E-state index contributed by atoms with van der Waals surface area (Å²) in [5.41, 5.74) is 2.14. The zero-order chi connectivity index (χ0) is 18.7. The predicted molar refractivity (Wildman–Crippen MR) is 102 cm³/mol. The van der Waals surface area contributed by atoms with Gasteiger partial charge in [0, 0.05) is 44.0 Å². The number of carbonyl (C=O) groups excluding carboxylic acids is 2. The Kier molecular flexibility index (Phi) is 5.18. The molecule has 0 amide bonds. The van der Waals surface area contributed by atoms with Gasteiger partial charge in [0.05, 0.1) is 11.6 Å². The lowest BCUT2D eigenvalue weighted by Gasteiger charge is -2.28. The Morgan fingerprint density at radius 1 is 0.923 bits per heavy atom. The monoisotopic (exact) mass is 368 g/mol. The molecule has 2 aromatic heterocycles. The first-order chi connectivity index (χ1) is 12.6. The summed E-state index contributed by atoms with van der Waals surface area (Å²) in [6.45, 7) is 0. The molecule has 1 unspecified atom stereocenters. The molecule has 0 spiro atoms. The molecule has 3 N–H and O–H groups in total. The van der Waals surface area contributed by atoms with Crippen LogP contribution in [0.2, 0.25) is 0 Å². The lowest BCUT2D eigenvalue weighted by Crippen LogP contribution is -2.39. The van der Waals surface area contributed by atoms with Gasteiger partial charge in [0.1, 0.15) is 11.4 Å². The molecule has 1 atom stereocenters. The molecule has 0 radical (unpaired) electrons. The fourth-order valence-electron chi connectivity index (χ4n) is 3.20. The van der Waals surface area contributed by atoms with Crippen LogP contribution in [0, 0.1) is 0 Å². The zero-order valence-corrected chi connectivity index (χ0v) is 15.6. The lowest BCUT2D eigenvalue weighted by molar-refractivity contribution is -0.117. The molecule has 0 fully saturated rings. The summed E-state index contributed by atoms with van der Waals surface area (Å²) >= 11 is 1.55. The smallest absolute Gasteiger partial charge is 0.227 e. The molecule has 0 saturated carbocycles. The summed E-state index contributed by atoms with van der Waals surface area (Å²) in [5.74, 6) is -0.813. The van der Waals surface area contributed by atoms with Gasteiger partial charge in [0.25, 0.3) is 0 Å². The van der Waals surface area contributed by atoms with Crippen LogP contribution in [0.3, 0.4) is 0 Å². The van der Waals surface area contributed by atoms with Crippen LogP contribution in [0.1, 0.15) is 16.4 Å². The third-order valence-electron chi connectivity index (χ3n) is 4.33. The van der Waals surface area contributed by atoms with Crippen molar-refractivity contribution in [2.45, 2.75) is 5.92 Å². The molecule has 1 aliphatic rings. The number of Topliss-reactive ketones (excluding diaryl/α,β-unsaturated/α-hetero) is 2. The van der Waals surface area contributed by atoms with Gasteiger partial charge in [-0.2, -0.15) is 0 Å². The molecular weight excluding hydrogens is 348 g/mol. The van der Waals surface area contributed by atoms with E-state index in [4.69, 9.17) is 0 Å². The van der Waals surface area contributed by atoms with E-state index in [1.165, 1.54) is 0 Å². The van der Waals surface area contributed by atoms with E-state index in [0.717, 1.165) is 10.4 Å². The molecule has 0 aromatic carbocycles. The Morgan fingerprint density at radius 3 is 2.15 bits per heavy atom. The minimum atomic E-state index is -0.371. The molecule has 134 valence electrons. The zero-order valence-electron chi connectivity index (χ0n) is 14.8. The minimum absolute atomic E-state index is 0.206. The lowest BCUT2D eigenvalue weighted by atomic mass is 9.81. The van der Waals surface area contributed by atoms with Gasteiger partial charge in [0.2, 0.25) is 11.6 Å². The summed E-state index contributed by atoms with van der Waals surface area (Å²) in [7, 11) is 4.94. The number of ketones is 2. The van der Waals surface area contributed by atoms with Crippen molar-refractivity contribution in [2.24, 2.45) is 0 Å². The molecule has 26 heavy (non-hydrogen) atoms. The third-order valence-corrected chi connectivity index (χ3v) is 5.27. The average Bonchev–Trinajstić information content (AvgIpc) is 3.19. The van der Waals surface area contributed by atoms with Crippen LogP contribution >= 0.6 is 11.3 Å². The van der Waals surface area contributed by atoms with Gasteiger partial charge in [-0.25, -0.2) is 0 Å². The Bertz CT molecular complexity index is 886. The normalized spacial score (nSPS) is 16.0. The Balaban J connectivity index is 2.25. The number of thiophene rings is 1. The molecule has 2 heterocycles. The predicted octanol–water partition coefficient (Wildman–Crippen LogP) is 1.55. The third kappa shape index (κ3) is 2.90. The molecule has 2 aromatic rings. The van der Waals surface area contributed by atoms with Crippen LogP contribution in [0.4, 0.5) is 0 Å². The Morgan fingerprint density at radius 2 is 1.62 bits per heavy atom. The number of hydrogen-bond donors (Lipinski definition) is 3. The molecule has 7 heteroatoms. The van der Waals surface area contributed by atoms with Crippen LogP contribution in [-0.2, 0) is 9.59 Å². The Labute approximate surface area is 156 Å². The van der Waals surface area contributed by atoms with Crippen molar-refractivity contribution >= 4 is 22.9 Å². The maximum absolute atomic E-state index is 13.3. The van der Waals surface area contributed by atoms with E-state index in [9.17, 15) is 9.59 Å². The van der Waals surface area contributed by atoms with Crippen molar-refractivity contribution in [3.63, 3.8) is 0 Å². The fourth-order valence-corrected chi connectivity index (χ4v) is 4.06. The molecule has 0 saturated heterocycles. The second-order valence-electron chi connectivity index (χ2n) is 5.68. The number of aromatic nitrogens is 1. The maximum atomic E-state index is 13.3. The van der Waals surface area contributed by atoms with Crippen LogP contribution < -0.4 is 16.0 Å². The van der Waals surface area contributed by atoms with Crippen LogP contribution in [-0.4, -0.2) is 37.7 Å². The number of nitrogens with zero attached hydrogens (tertiary/aromatic N) is 1. The van der Waals surface area contributed by atoms with Gasteiger partial charge in [-0.1, -0.05) is 12.1 Å². The molecule has 1 aliphatic carbocycles. The first-order valence-corrected chi connectivity index (χ1v) is 9.06. The van der Waals surface area contributed by atoms with E-state index < -0.39 is 0 Å². The molecular formula is C19H20N4O2S. The minimum Gasteiger partial charge on any atom is -0.385 e. The van der Waals surface area contributed by atoms with Crippen molar-refractivity contribution < 1.29 is 9.59 Å². The first-order valence-electron chi connectivity index (χ1n) is 8.18. The second kappa shape index (κ2) is 7.53. The van der Waals surface area contributed by atoms with Crippen molar-refractivity contribution in [3.8, 4) is 0 Å². The summed E-state index contributed by atoms with van der Waals surface area (Å²) < 4.78 is 0. The van der Waals surface area contributed by atoms with Gasteiger partial charge >= 0.3 is 0 Å². The molecule has 0 aliphatic heterocycles. The van der Waals surface area contributed by atoms with Crippen LogP contribution in [0.15, 0.2) is 64.7 Å². The van der Waals surface area contributed by atoms with E-state index in [1.54, 1.807) is 44.9 Å². The summed E-state index contributed by atoms with van der Waals surface area (Å²) in [6, 6.07) is 7.66. The molecule has 3 rings (SSSR count). The largest absolute Gasteiger partial charge is 0.385 e. The summed E-state index contributed by atoms with van der Waals surface area (Å²) in [5, 5.41) is 10.6. The van der Waals surface area contributed by atoms with Gasteiger partial charge in [-0.15, -0.1) is 11.3 Å². The van der Waals surface area contributed by atoms with Crippen LogP contribution in [0.5, 0.6) is 0 Å². The van der Waals surface area contributed by atoms with E-state index >= 15 is 0 Å². The SMILES string of the molecule is CNC1=C(NC)C(=O)C(C(c2cccnc2)c2cccs2)=C(NC)C1=O. The number of likely N-dealkylation sites (N-methyl/N-ethyl adjacent to an activating group) is 3. The van der Waals surface area contributed by atoms with E-state index in [2.05, 4.69) is 20.9 Å². The number of nitrogens with one attached hydrogen (secondary N) is 3. The summed E-state index contributed by atoms with van der Waals surface area (Å²) in [6.07, 6.45) is 3.42. The van der Waals surface area contributed by atoms with Crippen molar-refractivity contribution in [1.82, 2.24) is 20.9 Å². The fraction of sp³-hybridized carbons (Fsp3) is 0.211. The van der Waals surface area contributed by atoms with Crippen LogP contribution in [0.25, 0.3) is 0 Å². The number of hydrogen-bond acceptors (Lipinski definition) is 7. The topological polar surface area (TPSA) is 83.1 Å². The first kappa shape index (κ1) is 17.9. The highest BCUT2D eigenvalue weighted by molar-refractivity contribution is 7.10. The summed E-state index contributed by atoms with van der Waals surface area (Å²) in [4.78, 5) is 31.5. The van der Waals surface area contributed by atoms with Crippen molar-refractivity contribution in [1.29, 1.82) is 0 Å². The van der Waals surface area contributed by atoms with E-state index in [-0.39, 0.29) is 28.9 Å². The van der Waals surface area contributed by atoms with Gasteiger partial charge < -0.3 is 16.0 Å². The highest BCUT2D eigenvalue weighted by Gasteiger charge is 2.38. The Hall–Kier alpha value is -2.93. The number of rotatable bonds is 6. The van der Waals surface area contributed by atoms with Crippen molar-refractivity contribution in [2.75, 3.05) is 21.1 Å². The number of pyridine rings is 1. The average molecular weight is 368 g/mol. The highest BCUT2D eigenvalue weighted by atomic mass is 32.1. The van der Waals surface area contributed by atoms with Gasteiger partial charge in [-0.3, -0.25) is 14.6 Å². The van der Waals surface area contributed by atoms with Gasteiger partial charge in [0.15, 0.2) is 0 Å². The van der Waals surface area contributed by atoms with E-state index in [1.807, 2.05) is 29.6 Å². The maximum Gasteiger partial charge on any atom is 0.227 e. The molecule has 6 nitrogen and oxygen atoms in total. The quantitative estimate of drug-likeness (QED) is 0.671.